The molecule has 0 spiro atoms. The van der Waals surface area contributed by atoms with E-state index in [2.05, 4.69) is 30.4 Å². The van der Waals surface area contributed by atoms with Crippen molar-refractivity contribution in [1.29, 1.82) is 0 Å². The van der Waals surface area contributed by atoms with Crippen LogP contribution in [0.5, 0.6) is 0 Å². The van der Waals surface area contributed by atoms with Crippen LogP contribution in [0, 0.1) is 6.92 Å². The first-order valence-corrected chi connectivity index (χ1v) is 5.19. The third kappa shape index (κ3) is 2.07. The van der Waals surface area contributed by atoms with Gasteiger partial charge in [-0.2, -0.15) is 0 Å². The summed E-state index contributed by atoms with van der Waals surface area (Å²) < 4.78 is 0. The first-order valence-electron chi connectivity index (χ1n) is 5.19. The van der Waals surface area contributed by atoms with Gasteiger partial charge in [-0.25, -0.2) is 0 Å². The highest BCUT2D eigenvalue weighted by molar-refractivity contribution is 5.48. The minimum Gasteiger partial charge on any atom is -0.399 e. The molecule has 0 aromatic heterocycles. The number of nitrogens with two attached hydrogens (primary N) is 1. The Morgan fingerprint density at radius 1 is 1.43 bits per heavy atom. The second kappa shape index (κ2) is 3.28. The van der Waals surface area contributed by atoms with Gasteiger partial charge >= 0.3 is 0 Å². The number of anilines is 1. The first kappa shape index (κ1) is 9.53. The van der Waals surface area contributed by atoms with E-state index in [1.54, 1.807) is 0 Å². The number of aryl methyl sites for hydroxylation is 1. The van der Waals surface area contributed by atoms with E-state index in [1.807, 2.05) is 6.92 Å². The van der Waals surface area contributed by atoms with Crippen molar-refractivity contribution in [3.8, 4) is 0 Å². The number of nitrogen functional groups attached to an aromatic ring is 1. The van der Waals surface area contributed by atoms with E-state index < -0.39 is 0 Å². The molecule has 0 amide bonds. The molecule has 76 valence electrons. The fraction of sp³-hybridized carbons (Fsp3) is 0.500. The normalized spacial score (nSPS) is 18.1. The quantitative estimate of drug-likeness (QED) is 0.717. The Kier molecular flexibility index (Phi) is 2.23. The van der Waals surface area contributed by atoms with Crippen LogP contribution < -0.4 is 11.1 Å². The Hall–Kier alpha value is -1.02. The van der Waals surface area contributed by atoms with Crippen LogP contribution in [-0.4, -0.2) is 5.54 Å². The largest absolute Gasteiger partial charge is 0.399 e. The van der Waals surface area contributed by atoms with Crippen LogP contribution >= 0.6 is 0 Å². The van der Waals surface area contributed by atoms with E-state index in [0.717, 1.165) is 17.8 Å². The Bertz CT molecular complexity index is 340. The monoisotopic (exact) mass is 190 g/mol. The van der Waals surface area contributed by atoms with Crippen molar-refractivity contribution in [3.05, 3.63) is 29.3 Å². The van der Waals surface area contributed by atoms with Crippen LogP contribution in [0.3, 0.4) is 0 Å². The fourth-order valence-electron chi connectivity index (χ4n) is 1.48. The summed E-state index contributed by atoms with van der Waals surface area (Å²) in [4.78, 5) is 0. The molecule has 1 saturated carbocycles. The molecule has 0 saturated heterocycles. The summed E-state index contributed by atoms with van der Waals surface area (Å²) in [5.74, 6) is 0. The zero-order valence-corrected chi connectivity index (χ0v) is 8.93. The lowest BCUT2D eigenvalue weighted by atomic mass is 10.1. The second-order valence-corrected chi connectivity index (χ2v) is 4.61. The van der Waals surface area contributed by atoms with E-state index >= 15 is 0 Å². The highest BCUT2D eigenvalue weighted by Gasteiger charge is 2.36. The Morgan fingerprint density at radius 2 is 2.14 bits per heavy atom. The third-order valence-electron chi connectivity index (χ3n) is 3.06. The van der Waals surface area contributed by atoms with Crippen LogP contribution in [0.4, 0.5) is 5.69 Å². The molecule has 2 heteroatoms. The molecule has 1 fully saturated rings. The summed E-state index contributed by atoms with van der Waals surface area (Å²) in [6.07, 6.45) is 2.60. The minimum atomic E-state index is 0.402. The molecule has 1 aromatic carbocycles. The van der Waals surface area contributed by atoms with Gasteiger partial charge in [0.15, 0.2) is 0 Å². The lowest BCUT2D eigenvalue weighted by Crippen LogP contribution is -2.26. The summed E-state index contributed by atoms with van der Waals surface area (Å²) in [6.45, 7) is 5.24. The molecule has 1 aliphatic carbocycles. The molecule has 0 aliphatic heterocycles. The van der Waals surface area contributed by atoms with Crippen LogP contribution in [0.1, 0.15) is 30.9 Å². The van der Waals surface area contributed by atoms with Gasteiger partial charge in [0.1, 0.15) is 0 Å². The van der Waals surface area contributed by atoms with Crippen LogP contribution in [0.15, 0.2) is 18.2 Å². The van der Waals surface area contributed by atoms with Gasteiger partial charge in [0.2, 0.25) is 0 Å². The topological polar surface area (TPSA) is 38.0 Å². The van der Waals surface area contributed by atoms with E-state index in [0.29, 0.717) is 5.54 Å². The van der Waals surface area contributed by atoms with Gasteiger partial charge in [-0.1, -0.05) is 12.1 Å². The summed E-state index contributed by atoms with van der Waals surface area (Å²) in [6, 6.07) is 6.29. The second-order valence-electron chi connectivity index (χ2n) is 4.61. The summed E-state index contributed by atoms with van der Waals surface area (Å²) >= 11 is 0. The number of nitrogens with one attached hydrogen (secondary N) is 1. The highest BCUT2D eigenvalue weighted by atomic mass is 15.0. The Balaban J connectivity index is 1.99. The van der Waals surface area contributed by atoms with Crippen molar-refractivity contribution in [3.63, 3.8) is 0 Å². The van der Waals surface area contributed by atoms with Crippen LogP contribution in [-0.2, 0) is 6.54 Å². The van der Waals surface area contributed by atoms with E-state index in [1.165, 1.54) is 18.4 Å². The van der Waals surface area contributed by atoms with E-state index in [4.69, 9.17) is 5.73 Å². The molecule has 0 bridgehead atoms. The molecule has 1 aromatic rings. The van der Waals surface area contributed by atoms with Gasteiger partial charge in [-0.05, 0) is 43.9 Å². The van der Waals surface area contributed by atoms with Crippen molar-refractivity contribution < 1.29 is 0 Å². The zero-order valence-electron chi connectivity index (χ0n) is 8.93. The highest BCUT2D eigenvalue weighted by Crippen LogP contribution is 2.34. The van der Waals surface area contributed by atoms with Crippen LogP contribution in [0.25, 0.3) is 0 Å². The van der Waals surface area contributed by atoms with Crippen LogP contribution in [0.2, 0.25) is 0 Å². The maximum absolute atomic E-state index is 5.85. The molecule has 3 N–H and O–H groups in total. The Morgan fingerprint density at radius 3 is 2.71 bits per heavy atom. The number of rotatable bonds is 3. The molecular formula is C12H18N2. The van der Waals surface area contributed by atoms with Gasteiger partial charge in [-0.15, -0.1) is 0 Å². The van der Waals surface area contributed by atoms with Gasteiger partial charge in [-0.3, -0.25) is 0 Å². The van der Waals surface area contributed by atoms with Gasteiger partial charge < -0.3 is 11.1 Å². The predicted octanol–water partition coefficient (Wildman–Crippen LogP) is 2.22. The standard InChI is InChI=1S/C12H18N2/c1-9-3-4-10(7-11(9)13)8-14-12(2)5-6-12/h3-4,7,14H,5-6,8,13H2,1-2H3. The van der Waals surface area contributed by atoms with Crippen molar-refractivity contribution in [1.82, 2.24) is 5.32 Å². The molecule has 0 radical (unpaired) electrons. The summed E-state index contributed by atoms with van der Waals surface area (Å²) in [5.41, 5.74) is 9.58. The number of hydrogen-bond donors (Lipinski definition) is 2. The van der Waals surface area contributed by atoms with Gasteiger partial charge in [0.05, 0.1) is 0 Å². The van der Waals surface area contributed by atoms with E-state index in [-0.39, 0.29) is 0 Å². The molecule has 14 heavy (non-hydrogen) atoms. The molecule has 0 heterocycles. The minimum absolute atomic E-state index is 0.402. The molecule has 1 aliphatic rings. The average Bonchev–Trinajstić information content (AvgIpc) is 2.87. The maximum atomic E-state index is 5.85. The van der Waals surface area contributed by atoms with Crippen molar-refractivity contribution in [2.45, 2.75) is 38.8 Å². The molecule has 2 nitrogen and oxygen atoms in total. The lowest BCUT2D eigenvalue weighted by molar-refractivity contribution is 0.538. The van der Waals surface area contributed by atoms with E-state index in [9.17, 15) is 0 Å². The smallest absolute Gasteiger partial charge is 0.0346 e. The predicted molar refractivity (Wildman–Crippen MR) is 60.1 cm³/mol. The number of benzene rings is 1. The van der Waals surface area contributed by atoms with Crippen molar-refractivity contribution in [2.24, 2.45) is 0 Å². The first-order chi connectivity index (χ1) is 6.59. The van der Waals surface area contributed by atoms with Gasteiger partial charge in [0.25, 0.3) is 0 Å². The van der Waals surface area contributed by atoms with Crippen molar-refractivity contribution in [2.75, 3.05) is 5.73 Å². The molecular weight excluding hydrogens is 172 g/mol. The summed E-state index contributed by atoms with van der Waals surface area (Å²) in [7, 11) is 0. The number of hydrogen-bond acceptors (Lipinski definition) is 2. The molecule has 0 atom stereocenters. The third-order valence-corrected chi connectivity index (χ3v) is 3.06. The Labute approximate surface area is 85.5 Å². The fourth-order valence-corrected chi connectivity index (χ4v) is 1.48. The molecule has 2 rings (SSSR count). The molecule has 0 unspecified atom stereocenters. The van der Waals surface area contributed by atoms with Crippen molar-refractivity contribution >= 4 is 5.69 Å². The van der Waals surface area contributed by atoms with Gasteiger partial charge in [0, 0.05) is 17.8 Å². The average molecular weight is 190 g/mol. The summed E-state index contributed by atoms with van der Waals surface area (Å²) in [5, 5.41) is 3.54. The lowest BCUT2D eigenvalue weighted by Gasteiger charge is -2.12. The maximum Gasteiger partial charge on any atom is 0.0346 e. The SMILES string of the molecule is Cc1ccc(CNC2(C)CC2)cc1N. The zero-order chi connectivity index (χ0) is 10.2.